The van der Waals surface area contributed by atoms with Crippen LogP contribution in [0.2, 0.25) is 0 Å². The van der Waals surface area contributed by atoms with E-state index in [1.165, 1.54) is 11.8 Å². The van der Waals surface area contributed by atoms with Gasteiger partial charge in [-0.3, -0.25) is 5.10 Å². The van der Waals surface area contributed by atoms with Crippen LogP contribution in [0.5, 0.6) is 0 Å². The number of nitrogens with zero attached hydrogens (tertiary/aromatic N) is 2. The van der Waals surface area contributed by atoms with Crippen LogP contribution in [0.3, 0.4) is 0 Å². The van der Waals surface area contributed by atoms with Crippen molar-refractivity contribution in [3.05, 3.63) is 35.7 Å². The Hall–Kier alpha value is -1.69. The third-order valence-corrected chi connectivity index (χ3v) is 3.74. The van der Waals surface area contributed by atoms with Crippen LogP contribution >= 0.6 is 0 Å². The minimum Gasteiger partial charge on any atom is -0.262 e. The van der Waals surface area contributed by atoms with Gasteiger partial charge < -0.3 is 0 Å². The first-order valence-corrected chi connectivity index (χ1v) is 8.41. The molecule has 2 rings (SSSR count). The van der Waals surface area contributed by atoms with E-state index in [0.717, 1.165) is 5.56 Å². The molecule has 0 saturated carbocycles. The van der Waals surface area contributed by atoms with Crippen LogP contribution in [0, 0.1) is 0 Å². The van der Waals surface area contributed by atoms with E-state index in [0.29, 0.717) is 11.6 Å². The minimum absolute atomic E-state index is 0.0962. The van der Waals surface area contributed by atoms with Crippen LogP contribution in [0.1, 0.15) is 32.2 Å². The van der Waals surface area contributed by atoms with E-state index in [1.54, 1.807) is 0 Å². The lowest BCUT2D eigenvalue weighted by Gasteiger charge is -2.18. The van der Waals surface area contributed by atoms with E-state index in [4.69, 9.17) is 0 Å². The monoisotopic (exact) mass is 293 g/mol. The predicted octanol–water partition coefficient (Wildman–Crippen LogP) is 2.31. The van der Waals surface area contributed by atoms with E-state index < -0.39 is 9.84 Å². The predicted molar refractivity (Wildman–Crippen MR) is 79.1 cm³/mol. The second-order valence-electron chi connectivity index (χ2n) is 6.00. The molecule has 20 heavy (non-hydrogen) atoms. The summed E-state index contributed by atoms with van der Waals surface area (Å²) in [5.41, 5.74) is 2.20. The van der Waals surface area contributed by atoms with Gasteiger partial charge in [0.05, 0.1) is 0 Å². The maximum absolute atomic E-state index is 11.2. The normalized spacial score (nSPS) is 12.6. The third kappa shape index (κ3) is 3.66. The van der Waals surface area contributed by atoms with Gasteiger partial charge in [-0.15, -0.1) is 0 Å². The van der Waals surface area contributed by atoms with Gasteiger partial charge in [-0.1, -0.05) is 45.0 Å². The molecule has 1 heterocycles. The highest BCUT2D eigenvalue weighted by Crippen LogP contribution is 2.24. The molecule has 0 spiro atoms. The van der Waals surface area contributed by atoms with Crippen LogP contribution in [0.4, 0.5) is 0 Å². The van der Waals surface area contributed by atoms with E-state index in [-0.39, 0.29) is 11.2 Å². The van der Waals surface area contributed by atoms with Crippen LogP contribution in [0.15, 0.2) is 24.3 Å². The molecule has 0 aliphatic carbocycles. The highest BCUT2D eigenvalue weighted by atomic mass is 32.2. The second-order valence-corrected chi connectivity index (χ2v) is 8.14. The van der Waals surface area contributed by atoms with Gasteiger partial charge in [-0.2, -0.15) is 5.10 Å². The lowest BCUT2D eigenvalue weighted by Crippen LogP contribution is -2.10. The molecule has 0 saturated heterocycles. The summed E-state index contributed by atoms with van der Waals surface area (Å²) < 4.78 is 22.4. The van der Waals surface area contributed by atoms with Crippen molar-refractivity contribution in [2.45, 2.75) is 31.9 Å². The topological polar surface area (TPSA) is 75.7 Å². The van der Waals surface area contributed by atoms with Crippen molar-refractivity contribution >= 4 is 9.84 Å². The highest BCUT2D eigenvalue weighted by molar-refractivity contribution is 7.89. The molecule has 1 aromatic carbocycles. The summed E-state index contributed by atoms with van der Waals surface area (Å²) in [5.74, 6) is 0.756. The van der Waals surface area contributed by atoms with Gasteiger partial charge in [0, 0.05) is 11.8 Å². The first kappa shape index (κ1) is 14.7. The van der Waals surface area contributed by atoms with Gasteiger partial charge >= 0.3 is 0 Å². The number of aromatic nitrogens is 3. The van der Waals surface area contributed by atoms with Crippen molar-refractivity contribution in [2.75, 3.05) is 6.26 Å². The number of rotatable bonds is 3. The zero-order chi connectivity index (χ0) is 15.0. The second kappa shape index (κ2) is 5.01. The Morgan fingerprint density at radius 1 is 1.15 bits per heavy atom. The van der Waals surface area contributed by atoms with Gasteiger partial charge in [0.25, 0.3) is 0 Å². The number of sulfone groups is 1. The van der Waals surface area contributed by atoms with Crippen molar-refractivity contribution in [3.8, 4) is 11.4 Å². The summed E-state index contributed by atoms with van der Waals surface area (Å²) in [6.45, 7) is 6.46. The lowest BCUT2D eigenvalue weighted by molar-refractivity contribution is 0.590. The Morgan fingerprint density at radius 3 is 2.25 bits per heavy atom. The molecule has 0 aliphatic heterocycles. The Bertz CT molecular complexity index is 695. The fourth-order valence-electron chi connectivity index (χ4n) is 1.86. The fraction of sp³-hybridized carbons (Fsp3) is 0.429. The molecule has 0 bridgehead atoms. The van der Waals surface area contributed by atoms with Gasteiger partial charge in [0.2, 0.25) is 0 Å². The van der Waals surface area contributed by atoms with E-state index in [9.17, 15) is 8.42 Å². The Labute approximate surface area is 119 Å². The first-order valence-electron chi connectivity index (χ1n) is 6.35. The minimum atomic E-state index is -3.11. The average molecular weight is 293 g/mol. The van der Waals surface area contributed by atoms with Gasteiger partial charge in [0.15, 0.2) is 15.7 Å². The maximum atomic E-state index is 11.2. The molecule has 0 amide bonds. The molecule has 5 nitrogen and oxygen atoms in total. The number of H-pyrrole nitrogens is 1. The van der Waals surface area contributed by atoms with E-state index in [1.807, 2.05) is 24.3 Å². The number of benzene rings is 1. The maximum Gasteiger partial charge on any atom is 0.181 e. The SMILES string of the molecule is CC(C)(C)c1ccc(-c2n[nH]c(CS(C)(=O)=O)n2)cc1. The van der Waals surface area contributed by atoms with E-state index in [2.05, 4.69) is 36.0 Å². The van der Waals surface area contributed by atoms with Crippen molar-refractivity contribution < 1.29 is 8.42 Å². The highest BCUT2D eigenvalue weighted by Gasteiger charge is 2.14. The van der Waals surface area contributed by atoms with Crippen LogP contribution in [-0.4, -0.2) is 29.9 Å². The molecule has 108 valence electrons. The van der Waals surface area contributed by atoms with Crippen molar-refractivity contribution in [2.24, 2.45) is 0 Å². The van der Waals surface area contributed by atoms with Crippen LogP contribution in [0.25, 0.3) is 11.4 Å². The summed E-state index contributed by atoms with van der Waals surface area (Å²) in [6.07, 6.45) is 1.17. The smallest absolute Gasteiger partial charge is 0.181 e. The number of aromatic amines is 1. The van der Waals surface area contributed by atoms with Gasteiger partial charge in [-0.05, 0) is 11.0 Å². The Morgan fingerprint density at radius 2 is 1.75 bits per heavy atom. The summed E-state index contributed by atoms with van der Waals surface area (Å²) in [6, 6.07) is 7.99. The van der Waals surface area contributed by atoms with Crippen molar-refractivity contribution in [1.82, 2.24) is 15.2 Å². The molecule has 0 fully saturated rings. The molecule has 0 radical (unpaired) electrons. The summed E-state index contributed by atoms with van der Waals surface area (Å²) >= 11 is 0. The molecule has 1 aromatic heterocycles. The Kier molecular flexibility index (Phi) is 3.69. The zero-order valence-electron chi connectivity index (χ0n) is 12.1. The number of hydrogen-bond donors (Lipinski definition) is 1. The van der Waals surface area contributed by atoms with Crippen LogP contribution < -0.4 is 0 Å². The van der Waals surface area contributed by atoms with Crippen molar-refractivity contribution in [3.63, 3.8) is 0 Å². The number of hydrogen-bond acceptors (Lipinski definition) is 4. The molecule has 1 N–H and O–H groups in total. The van der Waals surface area contributed by atoms with Crippen LogP contribution in [-0.2, 0) is 21.0 Å². The largest absolute Gasteiger partial charge is 0.262 e. The summed E-state index contributed by atoms with van der Waals surface area (Å²) in [5, 5.41) is 6.73. The standard InChI is InChI=1S/C14H19N3O2S/c1-14(2,3)11-7-5-10(6-8-11)13-15-12(16-17-13)9-20(4,18)19/h5-8H,9H2,1-4H3,(H,15,16,17). The molecule has 0 unspecified atom stereocenters. The van der Waals surface area contributed by atoms with Gasteiger partial charge in [-0.25, -0.2) is 13.4 Å². The lowest BCUT2D eigenvalue weighted by atomic mass is 9.87. The Balaban J connectivity index is 2.25. The van der Waals surface area contributed by atoms with Gasteiger partial charge in [0.1, 0.15) is 11.6 Å². The quantitative estimate of drug-likeness (QED) is 0.942. The first-order chi connectivity index (χ1) is 9.15. The van der Waals surface area contributed by atoms with E-state index >= 15 is 0 Å². The molecule has 2 aromatic rings. The fourth-order valence-corrected chi connectivity index (χ4v) is 2.48. The number of nitrogens with one attached hydrogen (secondary N) is 1. The molecular weight excluding hydrogens is 274 g/mol. The molecule has 0 atom stereocenters. The summed E-state index contributed by atoms with van der Waals surface area (Å²) in [7, 11) is -3.11. The average Bonchev–Trinajstić information content (AvgIpc) is 2.74. The molecule has 0 aliphatic rings. The molecular formula is C14H19N3O2S. The van der Waals surface area contributed by atoms with Crippen molar-refractivity contribution in [1.29, 1.82) is 0 Å². The summed E-state index contributed by atoms with van der Waals surface area (Å²) in [4.78, 5) is 4.21. The zero-order valence-corrected chi connectivity index (χ0v) is 13.0. The molecule has 6 heteroatoms. The third-order valence-electron chi connectivity index (χ3n) is 2.94.